The highest BCUT2D eigenvalue weighted by atomic mass is 15.1. The van der Waals surface area contributed by atoms with Crippen molar-refractivity contribution >= 4 is 38.6 Å². The molecule has 10 aromatic carbocycles. The summed E-state index contributed by atoms with van der Waals surface area (Å²) in [6.07, 6.45) is 0. The first-order valence-corrected chi connectivity index (χ1v) is 19.6. The Balaban J connectivity index is 1.29. The Morgan fingerprint density at radius 3 is 1.12 bits per heavy atom. The molecule has 0 aliphatic carbocycles. The molecule has 0 aliphatic rings. The lowest BCUT2D eigenvalue weighted by molar-refractivity contribution is 1.29. The summed E-state index contributed by atoms with van der Waals surface area (Å²) in [7, 11) is 0. The van der Waals surface area contributed by atoms with Crippen molar-refractivity contribution in [3.05, 3.63) is 237 Å². The molecule has 0 aliphatic heterocycles. The van der Waals surface area contributed by atoms with Crippen LogP contribution < -0.4 is 4.90 Å². The molecule has 10 aromatic rings. The lowest BCUT2D eigenvalue weighted by Crippen LogP contribution is -2.11. The first-order chi connectivity index (χ1) is 28.3. The van der Waals surface area contributed by atoms with Crippen LogP contribution >= 0.6 is 0 Å². The van der Waals surface area contributed by atoms with E-state index in [1.807, 2.05) is 0 Å². The highest BCUT2D eigenvalue weighted by Gasteiger charge is 2.21. The highest BCUT2D eigenvalue weighted by molar-refractivity contribution is 6.22. The molecule has 0 unspecified atom stereocenters. The van der Waals surface area contributed by atoms with E-state index < -0.39 is 0 Å². The van der Waals surface area contributed by atoms with Crippen LogP contribution in [0, 0.1) is 0 Å². The second-order valence-corrected chi connectivity index (χ2v) is 14.5. The normalized spacial score (nSPS) is 11.2. The van der Waals surface area contributed by atoms with E-state index >= 15 is 0 Å². The summed E-state index contributed by atoms with van der Waals surface area (Å²) in [5, 5.41) is 4.93. The molecule has 0 atom stereocenters. The largest absolute Gasteiger partial charge is 0.310 e. The van der Waals surface area contributed by atoms with E-state index in [9.17, 15) is 0 Å². The van der Waals surface area contributed by atoms with Gasteiger partial charge in [0.05, 0.1) is 0 Å². The molecule has 0 radical (unpaired) electrons. The average Bonchev–Trinajstić information content (AvgIpc) is 3.30. The van der Waals surface area contributed by atoms with Crippen LogP contribution in [0.15, 0.2) is 237 Å². The molecule has 0 amide bonds. The summed E-state index contributed by atoms with van der Waals surface area (Å²) in [6, 6.07) is 85.8. The zero-order chi connectivity index (χ0) is 38.0. The van der Waals surface area contributed by atoms with Crippen LogP contribution in [0.5, 0.6) is 0 Å². The van der Waals surface area contributed by atoms with Gasteiger partial charge in [0, 0.05) is 17.1 Å². The summed E-state index contributed by atoms with van der Waals surface area (Å²) in [5.41, 5.74) is 15.2. The fraction of sp³-hybridized carbons (Fsp3) is 0. The molecule has 0 N–H and O–H groups in total. The molecule has 0 heterocycles. The van der Waals surface area contributed by atoms with Crippen LogP contribution in [0.4, 0.5) is 17.1 Å². The SMILES string of the molecule is c1ccc(-c2cccc(N(c3cc(-c4ccccc4)cc(-c4ccccc4)c3)c3ccc4c(c3)c(-c3ccccc3)c(-c3ccccc3)c3ccccc34)c2)cc1. The number of anilines is 3. The van der Waals surface area contributed by atoms with Crippen molar-refractivity contribution in [3.63, 3.8) is 0 Å². The van der Waals surface area contributed by atoms with E-state index in [1.54, 1.807) is 0 Å². The Labute approximate surface area is 334 Å². The molecule has 268 valence electrons. The molecule has 1 nitrogen and oxygen atoms in total. The van der Waals surface area contributed by atoms with Gasteiger partial charge in [-0.25, -0.2) is 0 Å². The summed E-state index contributed by atoms with van der Waals surface area (Å²) in [5.74, 6) is 0. The van der Waals surface area contributed by atoms with Crippen LogP contribution in [-0.2, 0) is 0 Å². The molecular formula is C56H39N. The van der Waals surface area contributed by atoms with Gasteiger partial charge in [-0.1, -0.05) is 194 Å². The Morgan fingerprint density at radius 2 is 0.579 bits per heavy atom. The number of fused-ring (bicyclic) bond motifs is 3. The maximum atomic E-state index is 2.44. The van der Waals surface area contributed by atoms with E-state index in [1.165, 1.54) is 77.2 Å². The number of rotatable bonds is 8. The molecule has 57 heavy (non-hydrogen) atoms. The van der Waals surface area contributed by atoms with Gasteiger partial charge < -0.3 is 4.90 Å². The molecule has 1 heteroatoms. The van der Waals surface area contributed by atoms with Crippen molar-refractivity contribution in [2.75, 3.05) is 4.90 Å². The predicted molar refractivity (Wildman–Crippen MR) is 243 cm³/mol. The van der Waals surface area contributed by atoms with Gasteiger partial charge >= 0.3 is 0 Å². The number of benzene rings is 10. The third-order valence-electron chi connectivity index (χ3n) is 11.0. The Bertz CT molecular complexity index is 2920. The van der Waals surface area contributed by atoms with Crippen molar-refractivity contribution in [2.45, 2.75) is 0 Å². The zero-order valence-corrected chi connectivity index (χ0v) is 31.5. The van der Waals surface area contributed by atoms with Crippen molar-refractivity contribution < 1.29 is 0 Å². The first kappa shape index (κ1) is 34.0. The van der Waals surface area contributed by atoms with Gasteiger partial charge in [-0.05, 0) is 120 Å². The number of hydrogen-bond donors (Lipinski definition) is 0. The lowest BCUT2D eigenvalue weighted by Gasteiger charge is -2.28. The Hall–Kier alpha value is -7.48. The minimum atomic E-state index is 1.09. The smallest absolute Gasteiger partial charge is 0.0473 e. The molecule has 0 saturated carbocycles. The predicted octanol–water partition coefficient (Wildman–Crippen LogP) is 15.8. The maximum absolute atomic E-state index is 2.44. The van der Waals surface area contributed by atoms with Crippen molar-refractivity contribution in [2.24, 2.45) is 0 Å². The average molecular weight is 726 g/mol. The van der Waals surface area contributed by atoms with Crippen molar-refractivity contribution in [3.8, 4) is 55.6 Å². The fourth-order valence-electron chi connectivity index (χ4n) is 8.36. The zero-order valence-electron chi connectivity index (χ0n) is 31.5. The molecule has 0 bridgehead atoms. The lowest BCUT2D eigenvalue weighted by atomic mass is 9.85. The van der Waals surface area contributed by atoms with Gasteiger partial charge in [0.25, 0.3) is 0 Å². The fourth-order valence-corrected chi connectivity index (χ4v) is 8.36. The minimum absolute atomic E-state index is 1.09. The molecule has 0 aromatic heterocycles. The van der Waals surface area contributed by atoms with Crippen LogP contribution in [0.3, 0.4) is 0 Å². The van der Waals surface area contributed by atoms with Gasteiger partial charge in [0.15, 0.2) is 0 Å². The summed E-state index contributed by atoms with van der Waals surface area (Å²) in [6.45, 7) is 0. The van der Waals surface area contributed by atoms with Crippen molar-refractivity contribution in [1.29, 1.82) is 0 Å². The Kier molecular flexibility index (Phi) is 8.95. The summed E-state index contributed by atoms with van der Waals surface area (Å²) >= 11 is 0. The third kappa shape index (κ3) is 6.56. The van der Waals surface area contributed by atoms with E-state index in [-0.39, 0.29) is 0 Å². The maximum Gasteiger partial charge on any atom is 0.0473 e. The van der Waals surface area contributed by atoms with E-state index in [2.05, 4.69) is 241 Å². The molecule has 0 fully saturated rings. The quantitative estimate of drug-likeness (QED) is 0.141. The Morgan fingerprint density at radius 1 is 0.193 bits per heavy atom. The van der Waals surface area contributed by atoms with Crippen LogP contribution in [-0.4, -0.2) is 0 Å². The van der Waals surface area contributed by atoms with Gasteiger partial charge in [-0.2, -0.15) is 0 Å². The van der Waals surface area contributed by atoms with E-state index in [0.717, 1.165) is 17.1 Å². The highest BCUT2D eigenvalue weighted by Crippen LogP contribution is 2.47. The van der Waals surface area contributed by atoms with Gasteiger partial charge in [0.1, 0.15) is 0 Å². The van der Waals surface area contributed by atoms with Gasteiger partial charge in [-0.15, -0.1) is 0 Å². The second kappa shape index (κ2) is 15.0. The summed E-state index contributed by atoms with van der Waals surface area (Å²) < 4.78 is 0. The minimum Gasteiger partial charge on any atom is -0.310 e. The molecule has 10 rings (SSSR count). The molecular weight excluding hydrogens is 687 g/mol. The van der Waals surface area contributed by atoms with Crippen LogP contribution in [0.1, 0.15) is 0 Å². The van der Waals surface area contributed by atoms with E-state index in [0.29, 0.717) is 0 Å². The van der Waals surface area contributed by atoms with Gasteiger partial charge in [0.2, 0.25) is 0 Å². The van der Waals surface area contributed by atoms with Crippen LogP contribution in [0.25, 0.3) is 77.2 Å². The topological polar surface area (TPSA) is 3.24 Å². The monoisotopic (exact) mass is 725 g/mol. The van der Waals surface area contributed by atoms with Gasteiger partial charge in [-0.3, -0.25) is 0 Å². The van der Waals surface area contributed by atoms with Crippen LogP contribution in [0.2, 0.25) is 0 Å². The van der Waals surface area contributed by atoms with Crippen molar-refractivity contribution in [1.82, 2.24) is 0 Å². The third-order valence-corrected chi connectivity index (χ3v) is 11.0. The second-order valence-electron chi connectivity index (χ2n) is 14.5. The number of nitrogens with zero attached hydrogens (tertiary/aromatic N) is 1. The molecule has 0 spiro atoms. The first-order valence-electron chi connectivity index (χ1n) is 19.6. The standard InChI is InChI=1S/C56H39N/c1-6-19-40(20-7-1)45-29-18-30-48(36-45)57(50-37-46(41-21-8-2-9-22-41)35-47(38-50)42-23-10-3-11-24-42)49-33-34-52-51-31-16-17-32-53(51)55(43-25-12-4-13-26-43)56(54(52)39-49)44-27-14-5-15-28-44/h1-39H. The number of hydrogen-bond acceptors (Lipinski definition) is 1. The summed E-state index contributed by atoms with van der Waals surface area (Å²) in [4.78, 5) is 2.44. The van der Waals surface area contributed by atoms with E-state index in [4.69, 9.17) is 0 Å². The molecule has 0 saturated heterocycles.